The van der Waals surface area contributed by atoms with Crippen molar-refractivity contribution >= 4 is 39.9 Å². The predicted molar refractivity (Wildman–Crippen MR) is 109 cm³/mol. The van der Waals surface area contributed by atoms with E-state index < -0.39 is 0 Å². The maximum Gasteiger partial charge on any atom is 0.264 e. The van der Waals surface area contributed by atoms with Crippen LogP contribution >= 0.6 is 23.7 Å². The Balaban J connectivity index is 0.00000196. The van der Waals surface area contributed by atoms with E-state index in [-0.39, 0.29) is 18.3 Å². The normalized spacial score (nSPS) is 16.6. The Morgan fingerprint density at radius 1 is 1.38 bits per heavy atom. The molecule has 26 heavy (non-hydrogen) atoms. The summed E-state index contributed by atoms with van der Waals surface area (Å²) in [6.45, 7) is 4.60. The van der Waals surface area contributed by atoms with Gasteiger partial charge in [0.1, 0.15) is 4.83 Å². The highest BCUT2D eigenvalue weighted by Gasteiger charge is 2.26. The highest BCUT2D eigenvalue weighted by molar-refractivity contribution is 7.20. The van der Waals surface area contributed by atoms with Crippen LogP contribution in [0.3, 0.4) is 0 Å². The first-order valence-corrected chi connectivity index (χ1v) is 9.44. The van der Waals surface area contributed by atoms with Gasteiger partial charge in [0.05, 0.1) is 17.1 Å². The molecule has 1 fully saturated rings. The summed E-state index contributed by atoms with van der Waals surface area (Å²) in [4.78, 5) is 16.6. The van der Waals surface area contributed by atoms with E-state index in [9.17, 15) is 4.79 Å². The Bertz CT molecular complexity index is 899. The molecule has 2 aromatic heterocycles. The summed E-state index contributed by atoms with van der Waals surface area (Å²) >= 11 is 1.55. The van der Waals surface area contributed by atoms with Crippen molar-refractivity contribution in [2.75, 3.05) is 20.1 Å². The Kier molecular flexibility index (Phi) is 5.65. The fourth-order valence-electron chi connectivity index (χ4n) is 3.39. The molecule has 1 aromatic carbocycles. The molecule has 7 heteroatoms. The number of hydrogen-bond acceptors (Lipinski definition) is 4. The Labute approximate surface area is 163 Å². The van der Waals surface area contributed by atoms with E-state index in [2.05, 4.69) is 22.5 Å². The fourth-order valence-corrected chi connectivity index (χ4v) is 4.53. The SMILES string of the molecule is Cc1nn(Cc2ccccc2)c2sc(C(=O)N(C)C3CCNC3)cc12.Cl. The summed E-state index contributed by atoms with van der Waals surface area (Å²) in [5.41, 5.74) is 2.19. The second-order valence-electron chi connectivity index (χ2n) is 6.62. The minimum absolute atomic E-state index is 0. The number of aromatic nitrogens is 2. The zero-order valence-electron chi connectivity index (χ0n) is 14.9. The molecule has 0 bridgehead atoms. The van der Waals surface area contributed by atoms with Gasteiger partial charge in [-0.15, -0.1) is 23.7 Å². The first kappa shape index (κ1) is 18.9. The Morgan fingerprint density at radius 3 is 2.85 bits per heavy atom. The third kappa shape index (κ3) is 3.49. The lowest BCUT2D eigenvalue weighted by Gasteiger charge is -2.22. The molecule has 0 radical (unpaired) electrons. The van der Waals surface area contributed by atoms with Crippen LogP contribution in [-0.2, 0) is 6.54 Å². The number of carbonyl (C=O) groups is 1. The molecular formula is C19H23ClN4OS. The Hall–Kier alpha value is -1.89. The van der Waals surface area contributed by atoms with E-state index >= 15 is 0 Å². The largest absolute Gasteiger partial charge is 0.337 e. The number of carbonyl (C=O) groups excluding carboxylic acids is 1. The van der Waals surface area contributed by atoms with Gasteiger partial charge in [0.2, 0.25) is 0 Å². The summed E-state index contributed by atoms with van der Waals surface area (Å²) in [5.74, 6) is 0.112. The molecule has 0 saturated carbocycles. The maximum absolute atomic E-state index is 12.9. The van der Waals surface area contributed by atoms with Crippen molar-refractivity contribution in [2.45, 2.75) is 25.9 Å². The van der Waals surface area contributed by atoms with Gasteiger partial charge in [-0.3, -0.25) is 9.48 Å². The fraction of sp³-hybridized carbons (Fsp3) is 0.368. The predicted octanol–water partition coefficient (Wildman–Crippen LogP) is 3.31. The molecule has 1 unspecified atom stereocenters. The summed E-state index contributed by atoms with van der Waals surface area (Å²) in [5, 5.41) is 9.07. The number of rotatable bonds is 4. The summed E-state index contributed by atoms with van der Waals surface area (Å²) < 4.78 is 2.01. The number of aryl methyl sites for hydroxylation is 1. The van der Waals surface area contributed by atoms with E-state index in [1.807, 2.05) is 47.8 Å². The lowest BCUT2D eigenvalue weighted by atomic mass is 10.2. The van der Waals surface area contributed by atoms with E-state index in [1.165, 1.54) is 5.56 Å². The molecule has 1 atom stereocenters. The van der Waals surface area contributed by atoms with Gasteiger partial charge >= 0.3 is 0 Å². The van der Waals surface area contributed by atoms with Crippen LogP contribution in [0.25, 0.3) is 10.2 Å². The van der Waals surface area contributed by atoms with E-state index in [0.29, 0.717) is 6.04 Å². The highest BCUT2D eigenvalue weighted by atomic mass is 35.5. The lowest BCUT2D eigenvalue weighted by molar-refractivity contribution is 0.0749. The van der Waals surface area contributed by atoms with Crippen LogP contribution in [0, 0.1) is 6.92 Å². The van der Waals surface area contributed by atoms with Crippen molar-refractivity contribution in [2.24, 2.45) is 0 Å². The van der Waals surface area contributed by atoms with Crippen LogP contribution in [0.5, 0.6) is 0 Å². The quantitative estimate of drug-likeness (QED) is 0.743. The van der Waals surface area contributed by atoms with E-state index in [4.69, 9.17) is 0 Å². The molecule has 3 heterocycles. The molecule has 1 saturated heterocycles. The van der Waals surface area contributed by atoms with Crippen LogP contribution < -0.4 is 5.32 Å². The zero-order chi connectivity index (χ0) is 17.4. The third-order valence-corrected chi connectivity index (χ3v) is 6.03. The number of benzene rings is 1. The minimum Gasteiger partial charge on any atom is -0.337 e. The van der Waals surface area contributed by atoms with Gasteiger partial charge in [0, 0.05) is 25.0 Å². The monoisotopic (exact) mass is 390 g/mol. The highest BCUT2D eigenvalue weighted by Crippen LogP contribution is 2.30. The van der Waals surface area contributed by atoms with E-state index in [0.717, 1.165) is 46.8 Å². The van der Waals surface area contributed by atoms with Crippen molar-refractivity contribution in [1.82, 2.24) is 20.0 Å². The molecule has 1 amide bonds. The second-order valence-corrected chi connectivity index (χ2v) is 7.65. The van der Waals surface area contributed by atoms with Gasteiger partial charge in [-0.05, 0) is 31.5 Å². The van der Waals surface area contributed by atoms with Crippen molar-refractivity contribution in [3.8, 4) is 0 Å². The standard InChI is InChI=1S/C19H22N4OS.ClH/c1-13-16-10-17(18(24)22(2)15-8-9-20-11-15)25-19(16)23(21-13)12-14-6-4-3-5-7-14;/h3-7,10,15,20H,8-9,11-12H2,1-2H3;1H. The first-order valence-electron chi connectivity index (χ1n) is 8.62. The molecule has 4 rings (SSSR count). The molecule has 1 aliphatic heterocycles. The first-order chi connectivity index (χ1) is 12.1. The molecule has 1 N–H and O–H groups in total. The van der Waals surface area contributed by atoms with Crippen molar-refractivity contribution < 1.29 is 4.79 Å². The summed E-state index contributed by atoms with van der Waals surface area (Å²) in [6, 6.07) is 12.6. The molecule has 5 nitrogen and oxygen atoms in total. The summed E-state index contributed by atoms with van der Waals surface area (Å²) in [6.07, 6.45) is 1.02. The van der Waals surface area contributed by atoms with Crippen molar-refractivity contribution in [3.63, 3.8) is 0 Å². The van der Waals surface area contributed by atoms with Gasteiger partial charge in [-0.1, -0.05) is 30.3 Å². The number of thiophene rings is 1. The molecule has 3 aromatic rings. The second kappa shape index (κ2) is 7.78. The van der Waals surface area contributed by atoms with Gasteiger partial charge in [0.15, 0.2) is 0 Å². The zero-order valence-corrected chi connectivity index (χ0v) is 16.6. The number of halogens is 1. The number of likely N-dealkylation sites (N-methyl/N-ethyl adjacent to an activating group) is 1. The van der Waals surface area contributed by atoms with Gasteiger partial charge in [-0.2, -0.15) is 5.10 Å². The van der Waals surface area contributed by atoms with Gasteiger partial charge in [-0.25, -0.2) is 0 Å². The molecule has 0 aliphatic carbocycles. The lowest BCUT2D eigenvalue weighted by Crippen LogP contribution is -2.37. The Morgan fingerprint density at radius 2 is 2.15 bits per heavy atom. The van der Waals surface area contributed by atoms with Crippen LogP contribution in [0.2, 0.25) is 0 Å². The molecule has 138 valence electrons. The average Bonchev–Trinajstić information content (AvgIpc) is 3.34. The van der Waals surface area contributed by atoms with Crippen molar-refractivity contribution in [3.05, 3.63) is 52.5 Å². The van der Waals surface area contributed by atoms with Gasteiger partial charge < -0.3 is 10.2 Å². The number of amides is 1. The third-order valence-electron chi connectivity index (χ3n) is 4.90. The molecule has 0 spiro atoms. The topological polar surface area (TPSA) is 50.2 Å². The van der Waals surface area contributed by atoms with E-state index in [1.54, 1.807) is 11.3 Å². The molecule has 1 aliphatic rings. The van der Waals surface area contributed by atoms with Crippen molar-refractivity contribution in [1.29, 1.82) is 0 Å². The average molecular weight is 391 g/mol. The van der Waals surface area contributed by atoms with Gasteiger partial charge in [0.25, 0.3) is 5.91 Å². The molecular weight excluding hydrogens is 368 g/mol. The number of fused-ring (bicyclic) bond motifs is 1. The smallest absolute Gasteiger partial charge is 0.264 e. The summed E-state index contributed by atoms with van der Waals surface area (Å²) in [7, 11) is 1.91. The van der Waals surface area contributed by atoms with Crippen LogP contribution in [0.4, 0.5) is 0 Å². The number of hydrogen-bond donors (Lipinski definition) is 1. The van der Waals surface area contributed by atoms with Crippen LogP contribution in [0.15, 0.2) is 36.4 Å². The number of nitrogens with zero attached hydrogens (tertiary/aromatic N) is 3. The minimum atomic E-state index is 0. The van der Waals surface area contributed by atoms with Crippen LogP contribution in [-0.4, -0.2) is 46.8 Å². The van der Waals surface area contributed by atoms with Crippen LogP contribution in [0.1, 0.15) is 27.3 Å². The number of nitrogens with one attached hydrogen (secondary N) is 1. The maximum atomic E-state index is 12.9.